The first-order chi connectivity index (χ1) is 13.2. The van der Waals surface area contributed by atoms with Gasteiger partial charge in [-0.1, -0.05) is 0 Å². The van der Waals surface area contributed by atoms with Crippen LogP contribution in [0.15, 0.2) is 37.9 Å². The van der Waals surface area contributed by atoms with E-state index in [1.165, 1.54) is 6.92 Å². The summed E-state index contributed by atoms with van der Waals surface area (Å²) in [4.78, 5) is 11.9. The van der Waals surface area contributed by atoms with E-state index >= 15 is 0 Å². The van der Waals surface area contributed by atoms with Gasteiger partial charge in [0, 0.05) is 17.0 Å². The number of ether oxygens (including phenoxy) is 3. The molecule has 7 nitrogen and oxygen atoms in total. The van der Waals surface area contributed by atoms with Crippen LogP contribution in [-0.4, -0.2) is 30.2 Å². The molecule has 0 spiro atoms. The molecule has 1 aliphatic heterocycles. The first-order valence-electron chi connectivity index (χ1n) is 9.05. The lowest BCUT2D eigenvalue weighted by atomic mass is 10.1. The van der Waals surface area contributed by atoms with Gasteiger partial charge in [-0.15, -0.1) is 0 Å². The van der Waals surface area contributed by atoms with E-state index in [2.05, 4.69) is 0 Å². The molecule has 1 atom stereocenters. The monoisotopic (exact) mass is 386 g/mol. The summed E-state index contributed by atoms with van der Waals surface area (Å²) in [5.41, 5.74) is 0.616. The van der Waals surface area contributed by atoms with Gasteiger partial charge in [0.05, 0.1) is 12.2 Å². The molecule has 1 aromatic carbocycles. The third-order valence-corrected chi connectivity index (χ3v) is 4.77. The predicted molar refractivity (Wildman–Crippen MR) is 102 cm³/mol. The van der Waals surface area contributed by atoms with Crippen molar-refractivity contribution >= 4 is 11.0 Å². The van der Waals surface area contributed by atoms with Gasteiger partial charge in [0.25, 0.3) is 0 Å². The van der Waals surface area contributed by atoms with Crippen molar-refractivity contribution in [2.45, 2.75) is 39.6 Å². The Labute approximate surface area is 161 Å². The molecule has 0 radical (unpaired) electrons. The molecule has 2 aromatic heterocycles. The van der Waals surface area contributed by atoms with Crippen LogP contribution in [0.3, 0.4) is 0 Å². The van der Waals surface area contributed by atoms with Gasteiger partial charge in [-0.05, 0) is 45.9 Å². The Morgan fingerprint density at radius 2 is 1.96 bits per heavy atom. The quantitative estimate of drug-likeness (QED) is 0.727. The van der Waals surface area contributed by atoms with Gasteiger partial charge < -0.3 is 28.2 Å². The Morgan fingerprint density at radius 3 is 2.68 bits per heavy atom. The summed E-state index contributed by atoms with van der Waals surface area (Å²) in [7, 11) is 0. The highest BCUT2D eigenvalue weighted by molar-refractivity contribution is 5.83. The summed E-state index contributed by atoms with van der Waals surface area (Å²) < 4.78 is 28.2. The average Bonchev–Trinajstić information content (AvgIpc) is 3.23. The third-order valence-electron chi connectivity index (χ3n) is 4.77. The van der Waals surface area contributed by atoms with E-state index in [9.17, 15) is 9.90 Å². The highest BCUT2D eigenvalue weighted by atomic mass is 16.7. The highest BCUT2D eigenvalue weighted by Gasteiger charge is 2.33. The van der Waals surface area contributed by atoms with Crippen LogP contribution in [0.4, 0.5) is 0 Å². The van der Waals surface area contributed by atoms with E-state index in [4.69, 9.17) is 23.0 Å². The van der Waals surface area contributed by atoms with Crippen molar-refractivity contribution in [1.82, 2.24) is 0 Å². The zero-order valence-electron chi connectivity index (χ0n) is 16.2. The van der Waals surface area contributed by atoms with E-state index in [0.717, 1.165) is 5.39 Å². The van der Waals surface area contributed by atoms with E-state index in [-0.39, 0.29) is 23.2 Å². The Kier molecular flexibility index (Phi) is 4.44. The fourth-order valence-corrected chi connectivity index (χ4v) is 3.21. The van der Waals surface area contributed by atoms with Crippen LogP contribution in [0, 0.1) is 13.8 Å². The van der Waals surface area contributed by atoms with Crippen molar-refractivity contribution in [1.29, 1.82) is 0 Å². The summed E-state index contributed by atoms with van der Waals surface area (Å²) >= 11 is 0. The minimum absolute atomic E-state index is 0.0857. The van der Waals surface area contributed by atoms with Crippen LogP contribution in [0.1, 0.15) is 25.0 Å². The van der Waals surface area contributed by atoms with Gasteiger partial charge in [-0.3, -0.25) is 0 Å². The summed E-state index contributed by atoms with van der Waals surface area (Å²) in [6, 6.07) is 7.21. The number of benzene rings is 1. The van der Waals surface area contributed by atoms with Crippen LogP contribution < -0.4 is 10.4 Å². The average molecular weight is 386 g/mol. The van der Waals surface area contributed by atoms with E-state index < -0.39 is 11.4 Å². The van der Waals surface area contributed by atoms with Gasteiger partial charge in [0.15, 0.2) is 17.3 Å². The SMILES string of the molecule is Cc1c(-c2cc3ccc(OCC4COC(C)(C)O4)cc3o2)oc(=O)c(C)c1O. The van der Waals surface area contributed by atoms with Crippen LogP contribution in [0.5, 0.6) is 11.5 Å². The molecule has 3 heterocycles. The third kappa shape index (κ3) is 3.39. The predicted octanol–water partition coefficient (Wildman–Crippen LogP) is 3.91. The summed E-state index contributed by atoms with van der Waals surface area (Å²) in [5, 5.41) is 10.9. The first-order valence-corrected chi connectivity index (χ1v) is 9.05. The summed E-state index contributed by atoms with van der Waals surface area (Å²) in [5.74, 6) is 0.538. The molecule has 1 unspecified atom stereocenters. The summed E-state index contributed by atoms with van der Waals surface area (Å²) in [6.07, 6.45) is -0.134. The Morgan fingerprint density at radius 1 is 1.18 bits per heavy atom. The molecule has 0 aliphatic carbocycles. The fraction of sp³-hybridized carbons (Fsp3) is 0.381. The number of fused-ring (bicyclic) bond motifs is 1. The van der Waals surface area contributed by atoms with Crippen LogP contribution in [-0.2, 0) is 9.47 Å². The molecule has 0 amide bonds. The molecule has 28 heavy (non-hydrogen) atoms. The number of furan rings is 1. The molecule has 7 heteroatoms. The van der Waals surface area contributed by atoms with Crippen molar-refractivity contribution < 1.29 is 28.2 Å². The second-order valence-corrected chi connectivity index (χ2v) is 7.39. The smallest absolute Gasteiger partial charge is 0.343 e. The standard InChI is InChI=1S/C21H22O7/c1-11-18(22)12(2)20(23)27-19(11)17-7-13-5-6-14(8-16(13)26-17)24-9-15-10-25-21(3,4)28-15/h5-8,15,22H,9-10H2,1-4H3. The number of hydrogen-bond donors (Lipinski definition) is 1. The van der Waals surface area contributed by atoms with Crippen molar-refractivity contribution in [3.8, 4) is 23.0 Å². The first kappa shape index (κ1) is 18.6. The van der Waals surface area contributed by atoms with Gasteiger partial charge in [-0.2, -0.15) is 0 Å². The number of aromatic hydroxyl groups is 1. The lowest BCUT2D eigenvalue weighted by Gasteiger charge is -2.17. The molecule has 3 aromatic rings. The van der Waals surface area contributed by atoms with Gasteiger partial charge in [0.1, 0.15) is 29.8 Å². The minimum Gasteiger partial charge on any atom is -0.507 e. The minimum atomic E-state index is -0.593. The highest BCUT2D eigenvalue weighted by Crippen LogP contribution is 2.34. The second kappa shape index (κ2) is 6.68. The van der Waals surface area contributed by atoms with Gasteiger partial charge in [0.2, 0.25) is 0 Å². The molecule has 1 saturated heterocycles. The van der Waals surface area contributed by atoms with E-state index in [1.54, 1.807) is 19.1 Å². The fourth-order valence-electron chi connectivity index (χ4n) is 3.21. The maximum Gasteiger partial charge on any atom is 0.343 e. The Bertz CT molecular complexity index is 1090. The van der Waals surface area contributed by atoms with E-state index in [1.807, 2.05) is 26.0 Å². The molecular formula is C21H22O7. The topological polar surface area (TPSA) is 91.3 Å². The molecule has 0 saturated carbocycles. The molecule has 1 fully saturated rings. The largest absolute Gasteiger partial charge is 0.507 e. The van der Waals surface area contributed by atoms with Crippen molar-refractivity contribution in [3.63, 3.8) is 0 Å². The number of hydrogen-bond acceptors (Lipinski definition) is 7. The Hall–Kier alpha value is -2.77. The maximum absolute atomic E-state index is 11.9. The molecule has 1 N–H and O–H groups in total. The molecule has 148 valence electrons. The van der Waals surface area contributed by atoms with Crippen LogP contribution >= 0.6 is 0 Å². The molecule has 0 bridgehead atoms. The molecular weight excluding hydrogens is 364 g/mol. The van der Waals surface area contributed by atoms with Gasteiger partial charge >= 0.3 is 5.63 Å². The summed E-state index contributed by atoms with van der Waals surface area (Å²) in [6.45, 7) is 7.77. The lowest BCUT2D eigenvalue weighted by Crippen LogP contribution is -2.25. The maximum atomic E-state index is 11.9. The van der Waals surface area contributed by atoms with Crippen LogP contribution in [0.2, 0.25) is 0 Å². The lowest BCUT2D eigenvalue weighted by molar-refractivity contribution is -0.141. The van der Waals surface area contributed by atoms with Crippen molar-refractivity contribution in [2.75, 3.05) is 13.2 Å². The van der Waals surface area contributed by atoms with Crippen molar-refractivity contribution in [3.05, 3.63) is 45.8 Å². The normalized spacial score (nSPS) is 18.6. The van der Waals surface area contributed by atoms with Crippen molar-refractivity contribution in [2.24, 2.45) is 0 Å². The molecule has 1 aliphatic rings. The second-order valence-electron chi connectivity index (χ2n) is 7.39. The van der Waals surface area contributed by atoms with Gasteiger partial charge in [-0.25, -0.2) is 4.79 Å². The van der Waals surface area contributed by atoms with E-state index in [0.29, 0.717) is 35.9 Å². The molecule has 4 rings (SSSR count). The number of rotatable bonds is 4. The zero-order chi connectivity index (χ0) is 20.1. The van der Waals surface area contributed by atoms with Crippen LogP contribution in [0.25, 0.3) is 22.5 Å². The Balaban J connectivity index is 1.58. The zero-order valence-corrected chi connectivity index (χ0v) is 16.2.